The van der Waals surface area contributed by atoms with Crippen LogP contribution in [-0.2, 0) is 14.9 Å². The van der Waals surface area contributed by atoms with Gasteiger partial charge in [-0.05, 0) is 51.3 Å². The Labute approximate surface area is 160 Å². The zero-order valence-corrected chi connectivity index (χ0v) is 16.2. The highest BCUT2D eigenvalue weighted by Crippen LogP contribution is 2.48. The smallest absolute Gasteiger partial charge is 0.421 e. The predicted molar refractivity (Wildman–Crippen MR) is 107 cm³/mol. The maximum atomic E-state index is 13.7. The van der Waals surface area contributed by atoms with Crippen molar-refractivity contribution in [2.45, 2.75) is 45.1 Å². The number of fused-ring (bicyclic) bond motifs is 1. The Morgan fingerprint density at radius 1 is 1.07 bits per heavy atom. The van der Waals surface area contributed by atoms with E-state index in [1.165, 1.54) is 4.90 Å². The molecule has 0 saturated heterocycles. The molecule has 4 nitrogen and oxygen atoms in total. The van der Waals surface area contributed by atoms with Gasteiger partial charge in [0.15, 0.2) is 0 Å². The summed E-state index contributed by atoms with van der Waals surface area (Å²) in [6.07, 6.45) is 3.73. The Hall–Kier alpha value is -2.88. The van der Waals surface area contributed by atoms with Crippen LogP contribution in [-0.4, -0.2) is 17.6 Å². The molecule has 0 saturated carbocycles. The van der Waals surface area contributed by atoms with Crippen LogP contribution in [0.4, 0.5) is 10.5 Å². The lowest BCUT2D eigenvalue weighted by molar-refractivity contribution is -0.121. The lowest BCUT2D eigenvalue weighted by Gasteiger charge is -2.29. The Bertz CT molecular complexity index is 880. The van der Waals surface area contributed by atoms with Crippen LogP contribution in [0, 0.1) is 0 Å². The molecule has 4 heteroatoms. The number of para-hydroxylation sites is 1. The first-order chi connectivity index (χ1) is 12.8. The molecule has 3 rings (SSSR count). The summed E-state index contributed by atoms with van der Waals surface area (Å²) < 4.78 is 5.53. The van der Waals surface area contributed by atoms with Crippen LogP contribution in [0.3, 0.4) is 0 Å². The lowest BCUT2D eigenvalue weighted by Crippen LogP contribution is -2.45. The Balaban J connectivity index is 2.20. The van der Waals surface area contributed by atoms with Crippen molar-refractivity contribution in [3.63, 3.8) is 0 Å². The highest BCUT2D eigenvalue weighted by molar-refractivity contribution is 6.22. The first-order valence-electron chi connectivity index (χ1n) is 9.15. The normalized spacial score (nSPS) is 19.4. The van der Waals surface area contributed by atoms with Gasteiger partial charge in [-0.3, -0.25) is 4.79 Å². The summed E-state index contributed by atoms with van der Waals surface area (Å²) in [4.78, 5) is 27.8. The number of rotatable bonds is 3. The summed E-state index contributed by atoms with van der Waals surface area (Å²) in [5, 5.41) is 0. The van der Waals surface area contributed by atoms with Crippen LogP contribution in [0.5, 0.6) is 0 Å². The van der Waals surface area contributed by atoms with E-state index in [1.54, 1.807) is 26.8 Å². The third-order valence-corrected chi connectivity index (χ3v) is 4.68. The van der Waals surface area contributed by atoms with Crippen molar-refractivity contribution in [3.05, 3.63) is 77.9 Å². The number of ether oxygens (including phenoxy) is 1. The first kappa shape index (κ1) is 18.9. The molecule has 0 radical (unpaired) electrons. The topological polar surface area (TPSA) is 46.6 Å². The molecule has 2 amide bonds. The number of allylic oxidation sites excluding steroid dienone is 2. The fourth-order valence-electron chi connectivity index (χ4n) is 3.55. The molecule has 0 aromatic heterocycles. The molecule has 0 fully saturated rings. The van der Waals surface area contributed by atoms with Gasteiger partial charge < -0.3 is 4.74 Å². The molecule has 0 aliphatic carbocycles. The molecule has 1 aliphatic rings. The van der Waals surface area contributed by atoms with Gasteiger partial charge in [-0.15, -0.1) is 0 Å². The van der Waals surface area contributed by atoms with E-state index in [4.69, 9.17) is 4.74 Å². The van der Waals surface area contributed by atoms with E-state index >= 15 is 0 Å². The van der Waals surface area contributed by atoms with Gasteiger partial charge >= 0.3 is 6.09 Å². The van der Waals surface area contributed by atoms with E-state index in [0.717, 1.165) is 11.1 Å². The molecule has 0 bridgehead atoms. The zero-order valence-electron chi connectivity index (χ0n) is 16.2. The molecular weight excluding hydrogens is 338 g/mol. The summed E-state index contributed by atoms with van der Waals surface area (Å²) in [6, 6.07) is 17.1. The summed E-state index contributed by atoms with van der Waals surface area (Å²) >= 11 is 0. The van der Waals surface area contributed by atoms with Crippen molar-refractivity contribution in [2.24, 2.45) is 0 Å². The SMILES string of the molecule is C/C=C/CC1(c2ccccc2)C(=O)N(C(=O)OC(C)(C)C)c2ccccc21. The molecule has 1 unspecified atom stereocenters. The number of anilines is 1. The van der Waals surface area contributed by atoms with Crippen LogP contribution < -0.4 is 4.90 Å². The third-order valence-electron chi connectivity index (χ3n) is 4.68. The minimum absolute atomic E-state index is 0.276. The molecule has 0 N–H and O–H groups in total. The number of hydrogen-bond acceptors (Lipinski definition) is 3. The number of carbonyl (C=O) groups excluding carboxylic acids is 2. The number of benzene rings is 2. The van der Waals surface area contributed by atoms with Gasteiger partial charge in [0.2, 0.25) is 0 Å². The molecule has 0 spiro atoms. The second kappa shape index (κ2) is 7.03. The summed E-state index contributed by atoms with van der Waals surface area (Å²) in [6.45, 7) is 7.31. The number of amides is 2. The molecule has 1 heterocycles. The van der Waals surface area contributed by atoms with Gasteiger partial charge in [-0.25, -0.2) is 9.69 Å². The van der Waals surface area contributed by atoms with E-state index in [9.17, 15) is 9.59 Å². The van der Waals surface area contributed by atoms with Crippen molar-refractivity contribution in [1.29, 1.82) is 0 Å². The molecule has 2 aromatic carbocycles. The van der Waals surface area contributed by atoms with Crippen molar-refractivity contribution in [1.82, 2.24) is 0 Å². The fraction of sp³-hybridized carbons (Fsp3) is 0.304. The van der Waals surface area contributed by atoms with E-state index in [0.29, 0.717) is 12.1 Å². The molecule has 1 aliphatic heterocycles. The summed E-state index contributed by atoms with van der Waals surface area (Å²) in [5.74, 6) is -0.276. The maximum Gasteiger partial charge on any atom is 0.421 e. The Morgan fingerprint density at radius 3 is 2.33 bits per heavy atom. The highest BCUT2D eigenvalue weighted by Gasteiger charge is 2.54. The standard InChI is InChI=1S/C23H25NO3/c1-5-6-16-23(17-12-8-7-9-13-17)18-14-10-11-15-19(18)24(20(23)25)21(26)27-22(2,3)4/h5-15H,16H2,1-4H3/b6-5+. The number of carbonyl (C=O) groups is 2. The highest BCUT2D eigenvalue weighted by atomic mass is 16.6. The van der Waals surface area contributed by atoms with Crippen molar-refractivity contribution in [3.8, 4) is 0 Å². The zero-order chi connectivity index (χ0) is 19.7. The Morgan fingerprint density at radius 2 is 1.70 bits per heavy atom. The minimum Gasteiger partial charge on any atom is -0.443 e. The quantitative estimate of drug-likeness (QED) is 0.702. The fourth-order valence-corrected chi connectivity index (χ4v) is 3.55. The van der Waals surface area contributed by atoms with Gasteiger partial charge in [-0.2, -0.15) is 0 Å². The van der Waals surface area contributed by atoms with E-state index in [2.05, 4.69) is 0 Å². The van der Waals surface area contributed by atoms with Crippen molar-refractivity contribution < 1.29 is 14.3 Å². The monoisotopic (exact) mass is 363 g/mol. The largest absolute Gasteiger partial charge is 0.443 e. The van der Waals surface area contributed by atoms with E-state index in [1.807, 2.05) is 67.6 Å². The van der Waals surface area contributed by atoms with Crippen LogP contribution in [0.2, 0.25) is 0 Å². The van der Waals surface area contributed by atoms with Crippen LogP contribution in [0.25, 0.3) is 0 Å². The first-order valence-corrected chi connectivity index (χ1v) is 9.15. The maximum absolute atomic E-state index is 13.7. The van der Waals surface area contributed by atoms with Crippen LogP contribution in [0.15, 0.2) is 66.7 Å². The van der Waals surface area contributed by atoms with Gasteiger partial charge in [0, 0.05) is 0 Å². The molecule has 1 atom stereocenters. The second-order valence-corrected chi connectivity index (χ2v) is 7.68. The number of nitrogens with zero attached hydrogens (tertiary/aromatic N) is 1. The van der Waals surface area contributed by atoms with Gasteiger partial charge in [0.25, 0.3) is 5.91 Å². The predicted octanol–water partition coefficient (Wildman–Crippen LogP) is 5.22. The molecular formula is C23H25NO3. The van der Waals surface area contributed by atoms with Crippen LogP contribution >= 0.6 is 0 Å². The average Bonchev–Trinajstić information content (AvgIpc) is 2.88. The van der Waals surface area contributed by atoms with Crippen LogP contribution in [0.1, 0.15) is 45.2 Å². The number of imide groups is 1. The van der Waals surface area contributed by atoms with E-state index in [-0.39, 0.29) is 5.91 Å². The van der Waals surface area contributed by atoms with Crippen molar-refractivity contribution in [2.75, 3.05) is 4.90 Å². The molecule has 140 valence electrons. The van der Waals surface area contributed by atoms with Gasteiger partial charge in [0.05, 0.1) is 5.69 Å². The molecule has 2 aromatic rings. The average molecular weight is 363 g/mol. The van der Waals surface area contributed by atoms with E-state index < -0.39 is 17.1 Å². The Kier molecular flexibility index (Phi) is 4.92. The summed E-state index contributed by atoms with van der Waals surface area (Å²) in [5.41, 5.74) is 0.649. The molecule has 27 heavy (non-hydrogen) atoms. The minimum atomic E-state index is -0.943. The second-order valence-electron chi connectivity index (χ2n) is 7.68. The van der Waals surface area contributed by atoms with Gasteiger partial charge in [0.1, 0.15) is 11.0 Å². The third kappa shape index (κ3) is 3.27. The number of hydrogen-bond donors (Lipinski definition) is 0. The van der Waals surface area contributed by atoms with Gasteiger partial charge in [-0.1, -0.05) is 60.7 Å². The summed E-state index contributed by atoms with van der Waals surface area (Å²) in [7, 11) is 0. The lowest BCUT2D eigenvalue weighted by atomic mass is 9.73. The van der Waals surface area contributed by atoms with Crippen molar-refractivity contribution >= 4 is 17.7 Å².